The smallest absolute Gasteiger partial charge is 0.210 e. The molecule has 3 aliphatic rings. The van der Waals surface area contributed by atoms with Crippen molar-refractivity contribution < 1.29 is 59.5 Å². The number of nitrogens with zero attached hydrogens (tertiary/aromatic N) is 3. The second-order valence-electron chi connectivity index (χ2n) is 9.97. The third-order valence-corrected chi connectivity index (χ3v) is 7.63. The van der Waals surface area contributed by atoms with E-state index in [-0.39, 0.29) is 6.29 Å². The summed E-state index contributed by atoms with van der Waals surface area (Å²) in [7, 11) is 1.39. The zero-order valence-corrected chi connectivity index (χ0v) is 22.1. The molecule has 2 heterocycles. The van der Waals surface area contributed by atoms with Gasteiger partial charge in [-0.25, -0.2) is 4.99 Å². The van der Waals surface area contributed by atoms with Crippen LogP contribution in [-0.2, 0) is 23.7 Å². The fourth-order valence-electron chi connectivity index (χ4n) is 5.26. The van der Waals surface area contributed by atoms with Gasteiger partial charge in [-0.2, -0.15) is 5.26 Å². The van der Waals surface area contributed by atoms with Gasteiger partial charge in [0.05, 0.1) is 25.1 Å². The first-order chi connectivity index (χ1) is 19.3. The second kappa shape index (κ2) is 12.7. The van der Waals surface area contributed by atoms with Crippen molar-refractivity contribution in [2.45, 2.75) is 97.7 Å². The topological polar surface area (TPSA) is 334 Å². The minimum Gasteiger partial charge on any atom is -0.394 e. The number of aliphatic hydroxyl groups is 7. The monoisotopic (exact) mass is 591 g/mol. The molecule has 41 heavy (non-hydrogen) atoms. The SMILES string of the molecule is CN[C@@H]1[C@H](O[C@H]2[C@H](O[C@]3(C#N)[C@H](O)[C@@H](O)[C@H](N=CN)[C@@H](O)[C@@H]3N=C(N)N)O[C@@H](C)[C@]2(O)C=O)O[C@@H](CO)[C@H](O)[C@H]1O. The van der Waals surface area contributed by atoms with E-state index in [2.05, 4.69) is 15.3 Å². The van der Waals surface area contributed by atoms with Crippen LogP contribution < -0.4 is 22.5 Å². The summed E-state index contributed by atoms with van der Waals surface area (Å²) >= 11 is 0. The number of nitrogens with two attached hydrogens (primary N) is 3. The molecule has 0 bridgehead atoms. The lowest BCUT2D eigenvalue weighted by molar-refractivity contribution is -0.321. The van der Waals surface area contributed by atoms with E-state index >= 15 is 0 Å². The predicted octanol–water partition coefficient (Wildman–Crippen LogP) is -7.55. The lowest BCUT2D eigenvalue weighted by Gasteiger charge is -2.48. The maximum atomic E-state index is 12.1. The maximum Gasteiger partial charge on any atom is 0.210 e. The second-order valence-corrected chi connectivity index (χ2v) is 9.97. The lowest BCUT2D eigenvalue weighted by atomic mass is 9.73. The Kier molecular flexibility index (Phi) is 10.2. The number of guanidine groups is 1. The van der Waals surface area contributed by atoms with Crippen LogP contribution in [0, 0.1) is 11.3 Å². The van der Waals surface area contributed by atoms with Gasteiger partial charge in [-0.1, -0.05) is 0 Å². The van der Waals surface area contributed by atoms with Gasteiger partial charge >= 0.3 is 0 Å². The van der Waals surface area contributed by atoms with Crippen LogP contribution in [0.15, 0.2) is 9.98 Å². The minimum atomic E-state index is -2.71. The van der Waals surface area contributed by atoms with Crippen LogP contribution in [0.4, 0.5) is 0 Å². The molecule has 1 aliphatic carbocycles. The van der Waals surface area contributed by atoms with E-state index in [1.165, 1.54) is 14.0 Å². The number of aliphatic imine (C=N–C) groups is 2. The van der Waals surface area contributed by atoms with Crippen molar-refractivity contribution in [3.05, 3.63) is 0 Å². The maximum absolute atomic E-state index is 12.1. The summed E-state index contributed by atoms with van der Waals surface area (Å²) < 4.78 is 22.9. The molecule has 0 aromatic rings. The van der Waals surface area contributed by atoms with Crippen molar-refractivity contribution in [2.75, 3.05) is 13.7 Å². The summed E-state index contributed by atoms with van der Waals surface area (Å²) in [6, 6.07) is -2.87. The number of carbonyl (C=O) groups is 1. The molecule has 2 aliphatic heterocycles. The molecule has 14 N–H and O–H groups in total. The third-order valence-electron chi connectivity index (χ3n) is 7.63. The van der Waals surface area contributed by atoms with Crippen molar-refractivity contribution in [2.24, 2.45) is 27.2 Å². The molecule has 15 atom stereocenters. The summed E-state index contributed by atoms with van der Waals surface area (Å²) in [4.78, 5) is 19.7. The molecular formula is C22H37N7O12. The van der Waals surface area contributed by atoms with Gasteiger partial charge in [-0.3, -0.25) is 9.79 Å². The molecule has 0 aromatic heterocycles. The average Bonchev–Trinajstić information content (AvgIpc) is 3.17. The van der Waals surface area contributed by atoms with Crippen molar-refractivity contribution in [1.29, 1.82) is 5.26 Å². The number of ether oxygens (including phenoxy) is 4. The van der Waals surface area contributed by atoms with Gasteiger partial charge < -0.3 is 77.2 Å². The molecule has 1 saturated carbocycles. The van der Waals surface area contributed by atoms with Crippen LogP contribution in [-0.4, -0.2) is 159 Å². The fourth-order valence-corrected chi connectivity index (χ4v) is 5.26. The number of hydrogen-bond donors (Lipinski definition) is 11. The van der Waals surface area contributed by atoms with Crippen LogP contribution in [0.1, 0.15) is 6.92 Å². The van der Waals surface area contributed by atoms with E-state index in [1.807, 2.05) is 0 Å². The highest BCUT2D eigenvalue weighted by molar-refractivity contribution is 5.76. The Morgan fingerprint density at radius 2 is 1.78 bits per heavy atom. The summed E-state index contributed by atoms with van der Waals surface area (Å²) in [5.41, 5.74) is 11.1. The van der Waals surface area contributed by atoms with Gasteiger partial charge in [-0.15, -0.1) is 0 Å². The summed E-state index contributed by atoms with van der Waals surface area (Å²) in [6.45, 7) is 0.524. The fraction of sp³-hybridized carbons (Fsp3) is 0.818. The lowest BCUT2D eigenvalue weighted by Crippen LogP contribution is -2.72. The normalized spacial score (nSPS) is 48.5. The van der Waals surface area contributed by atoms with Gasteiger partial charge in [0.1, 0.15) is 60.9 Å². The van der Waals surface area contributed by atoms with Gasteiger partial charge in [0.15, 0.2) is 30.4 Å². The zero-order chi connectivity index (χ0) is 30.9. The van der Waals surface area contributed by atoms with E-state index in [1.54, 1.807) is 6.07 Å². The summed E-state index contributed by atoms with van der Waals surface area (Å²) in [6.07, 6.45) is -16.3. The average molecular weight is 592 g/mol. The molecule has 19 nitrogen and oxygen atoms in total. The predicted molar refractivity (Wildman–Crippen MR) is 134 cm³/mol. The number of carbonyl (C=O) groups excluding carboxylic acids is 1. The summed E-state index contributed by atoms with van der Waals surface area (Å²) in [5.74, 6) is -0.649. The Labute approximate surface area is 233 Å². The molecule has 19 heteroatoms. The van der Waals surface area contributed by atoms with Crippen molar-refractivity contribution in [3.63, 3.8) is 0 Å². The van der Waals surface area contributed by atoms with E-state index < -0.39 is 103 Å². The minimum absolute atomic E-state index is 0.0806. The van der Waals surface area contributed by atoms with Crippen molar-refractivity contribution >= 4 is 18.6 Å². The Morgan fingerprint density at radius 3 is 2.29 bits per heavy atom. The number of nitrogens with one attached hydrogen (secondary N) is 1. The van der Waals surface area contributed by atoms with E-state index in [9.17, 15) is 45.8 Å². The standard InChI is InChI=1S/C22H37N7O12/c1-7-21(37,5-31)17(40-18-10(27-2)12(33)11(32)8(3-30)39-18)19(38-7)41-22(4-23)15(29-20(25)26)13(34)9(28-6-24)14(35)16(22)36/h5-19,27,30,32-37H,3H2,1-2H3,(H2,24,28)(H4,25,26,29)/t7-,8-,9+,10-,11-,12-,13+,14-,15-,16+,17-,18-,19-,21+,22-/m0/s1. The first kappa shape index (κ1) is 32.9. The van der Waals surface area contributed by atoms with E-state index in [4.69, 9.17) is 36.1 Å². The number of likely N-dealkylation sites (N-methyl/N-ethyl adjacent to an activating group) is 1. The van der Waals surface area contributed by atoms with Crippen LogP contribution in [0.2, 0.25) is 0 Å². The molecule has 0 spiro atoms. The first-order valence-corrected chi connectivity index (χ1v) is 12.5. The number of nitriles is 1. The molecule has 3 rings (SSSR count). The van der Waals surface area contributed by atoms with Crippen LogP contribution >= 0.6 is 0 Å². The Balaban J connectivity index is 2.07. The largest absolute Gasteiger partial charge is 0.394 e. The summed E-state index contributed by atoms with van der Waals surface area (Å²) in [5, 5.41) is 87.3. The highest BCUT2D eigenvalue weighted by Gasteiger charge is 2.66. The van der Waals surface area contributed by atoms with Crippen LogP contribution in [0.5, 0.6) is 0 Å². The molecule has 2 saturated heterocycles. The number of rotatable bonds is 9. The Hall–Kier alpha value is -2.58. The van der Waals surface area contributed by atoms with Gasteiger partial charge in [0, 0.05) is 0 Å². The Bertz CT molecular complexity index is 1030. The quantitative estimate of drug-likeness (QED) is 0.0673. The van der Waals surface area contributed by atoms with E-state index in [0.717, 1.165) is 6.34 Å². The van der Waals surface area contributed by atoms with Crippen LogP contribution in [0.25, 0.3) is 0 Å². The third kappa shape index (κ3) is 5.62. The van der Waals surface area contributed by atoms with Gasteiger partial charge in [-0.05, 0) is 14.0 Å². The highest BCUT2D eigenvalue weighted by atomic mass is 16.8. The highest BCUT2D eigenvalue weighted by Crippen LogP contribution is 2.42. The Morgan fingerprint density at radius 1 is 1.12 bits per heavy atom. The molecule has 0 aromatic carbocycles. The molecule has 3 fully saturated rings. The first-order valence-electron chi connectivity index (χ1n) is 12.5. The van der Waals surface area contributed by atoms with E-state index in [0.29, 0.717) is 0 Å². The van der Waals surface area contributed by atoms with Crippen molar-refractivity contribution in [3.8, 4) is 6.07 Å². The van der Waals surface area contributed by atoms with Gasteiger partial charge in [0.2, 0.25) is 5.60 Å². The number of aldehydes is 1. The van der Waals surface area contributed by atoms with Gasteiger partial charge in [0.25, 0.3) is 0 Å². The molecule has 0 radical (unpaired) electrons. The van der Waals surface area contributed by atoms with Crippen LogP contribution in [0.3, 0.4) is 0 Å². The number of hydrogen-bond acceptors (Lipinski definition) is 16. The zero-order valence-electron chi connectivity index (χ0n) is 22.1. The van der Waals surface area contributed by atoms with Crippen molar-refractivity contribution in [1.82, 2.24) is 5.32 Å². The number of aliphatic hydroxyl groups excluding tert-OH is 6. The molecular weight excluding hydrogens is 554 g/mol. The molecule has 232 valence electrons. The molecule has 0 amide bonds. The molecule has 0 unspecified atom stereocenters.